The van der Waals surface area contributed by atoms with Gasteiger partial charge in [-0.05, 0) is 19.1 Å². The predicted molar refractivity (Wildman–Crippen MR) is 69.8 cm³/mol. The van der Waals surface area contributed by atoms with E-state index >= 15 is 0 Å². The number of benzene rings is 1. The molecule has 0 spiro atoms. The molecule has 2 aromatic rings. The maximum atomic E-state index is 12.0. The second-order valence-electron chi connectivity index (χ2n) is 4.11. The van der Waals surface area contributed by atoms with E-state index in [0.717, 1.165) is 5.69 Å². The minimum atomic E-state index is -0.250. The number of anilines is 1. The highest BCUT2D eigenvalue weighted by Gasteiger charge is 2.09. The summed E-state index contributed by atoms with van der Waals surface area (Å²) in [5, 5.41) is 6.47. The van der Waals surface area contributed by atoms with Crippen molar-refractivity contribution in [1.82, 2.24) is 10.5 Å². The number of carbonyl (C=O) groups is 1. The van der Waals surface area contributed by atoms with Crippen LogP contribution in [0.1, 0.15) is 21.8 Å². The summed E-state index contributed by atoms with van der Waals surface area (Å²) in [6.07, 6.45) is 0. The molecule has 19 heavy (non-hydrogen) atoms. The zero-order valence-electron chi connectivity index (χ0n) is 10.8. The monoisotopic (exact) mass is 261 g/mol. The molecule has 0 saturated heterocycles. The van der Waals surface area contributed by atoms with Crippen molar-refractivity contribution in [2.45, 2.75) is 13.5 Å². The molecule has 0 unspecified atom stereocenters. The molecule has 1 amide bonds. The molecule has 2 rings (SSSR count). The molecule has 0 aliphatic rings. The first kappa shape index (κ1) is 12.9. The van der Waals surface area contributed by atoms with Crippen LogP contribution in [0.3, 0.4) is 0 Å². The summed E-state index contributed by atoms with van der Waals surface area (Å²) < 4.78 is 10.1. The van der Waals surface area contributed by atoms with Crippen molar-refractivity contribution < 1.29 is 14.1 Å². The lowest BCUT2D eigenvalue weighted by molar-refractivity contribution is 0.0946. The lowest BCUT2D eigenvalue weighted by Gasteiger charge is -2.06. The Hall–Kier alpha value is -2.50. The molecule has 3 N–H and O–H groups in total. The summed E-state index contributed by atoms with van der Waals surface area (Å²) >= 11 is 0. The number of ether oxygens (including phenoxy) is 1. The molecule has 6 nitrogen and oxygen atoms in total. The number of carbonyl (C=O) groups excluding carboxylic acids is 1. The fraction of sp³-hybridized carbons (Fsp3) is 0.231. The maximum absolute atomic E-state index is 12.0. The Morgan fingerprint density at radius 2 is 2.21 bits per heavy atom. The lowest BCUT2D eigenvalue weighted by atomic mass is 10.1. The van der Waals surface area contributed by atoms with E-state index in [2.05, 4.69) is 10.5 Å². The minimum absolute atomic E-state index is 0.250. The number of hydrogen-bond donors (Lipinski definition) is 2. The molecular weight excluding hydrogens is 246 g/mol. The Morgan fingerprint density at radius 1 is 1.42 bits per heavy atom. The number of hydrogen-bond acceptors (Lipinski definition) is 5. The second kappa shape index (κ2) is 5.43. The number of aryl methyl sites for hydroxylation is 1. The molecule has 6 heteroatoms. The third-order valence-electron chi connectivity index (χ3n) is 2.53. The average molecular weight is 261 g/mol. The molecule has 0 saturated carbocycles. The molecular formula is C13H15N3O3. The Kier molecular flexibility index (Phi) is 3.70. The summed E-state index contributed by atoms with van der Waals surface area (Å²) in [7, 11) is 1.52. The van der Waals surface area contributed by atoms with Crippen LogP contribution >= 0.6 is 0 Å². The van der Waals surface area contributed by atoms with E-state index in [1.54, 1.807) is 24.3 Å². The number of rotatable bonds is 4. The number of aromatic nitrogens is 1. The van der Waals surface area contributed by atoms with Crippen LogP contribution in [0.5, 0.6) is 5.75 Å². The van der Waals surface area contributed by atoms with Gasteiger partial charge in [0.25, 0.3) is 5.91 Å². The molecule has 1 aromatic carbocycles. The van der Waals surface area contributed by atoms with E-state index in [1.165, 1.54) is 7.11 Å². The number of amides is 1. The van der Waals surface area contributed by atoms with Gasteiger partial charge in [0.15, 0.2) is 5.76 Å². The molecule has 0 fully saturated rings. The van der Waals surface area contributed by atoms with Gasteiger partial charge in [-0.2, -0.15) is 0 Å². The van der Waals surface area contributed by atoms with Crippen LogP contribution in [-0.2, 0) is 6.54 Å². The van der Waals surface area contributed by atoms with Gasteiger partial charge in [-0.1, -0.05) is 5.16 Å². The number of methoxy groups -OCH3 is 1. The van der Waals surface area contributed by atoms with E-state index in [9.17, 15) is 4.79 Å². The summed E-state index contributed by atoms with van der Waals surface area (Å²) in [5.74, 6) is 0.891. The van der Waals surface area contributed by atoms with Gasteiger partial charge in [0, 0.05) is 23.4 Å². The van der Waals surface area contributed by atoms with Gasteiger partial charge in [0.05, 0.1) is 19.3 Å². The standard InChI is InChI=1S/C13H15N3O3/c1-8-3-12(19-16-8)7-15-13(17)9-4-10(14)6-11(5-9)18-2/h3-6H,7,14H2,1-2H3,(H,15,17). The summed E-state index contributed by atoms with van der Waals surface area (Å²) in [6.45, 7) is 2.09. The smallest absolute Gasteiger partial charge is 0.251 e. The molecule has 1 heterocycles. The fourth-order valence-electron chi connectivity index (χ4n) is 1.64. The Bertz CT molecular complexity index is 593. The van der Waals surface area contributed by atoms with Crippen LogP contribution < -0.4 is 15.8 Å². The van der Waals surface area contributed by atoms with Gasteiger partial charge in [-0.25, -0.2) is 0 Å². The van der Waals surface area contributed by atoms with E-state index in [-0.39, 0.29) is 12.5 Å². The van der Waals surface area contributed by atoms with Crippen LogP contribution in [0.2, 0.25) is 0 Å². The first-order valence-corrected chi connectivity index (χ1v) is 5.73. The first-order valence-electron chi connectivity index (χ1n) is 5.73. The number of nitrogens with two attached hydrogens (primary N) is 1. The number of nitrogen functional groups attached to an aromatic ring is 1. The zero-order chi connectivity index (χ0) is 13.8. The zero-order valence-corrected chi connectivity index (χ0v) is 10.8. The normalized spacial score (nSPS) is 10.2. The maximum Gasteiger partial charge on any atom is 0.251 e. The van der Waals surface area contributed by atoms with Crippen molar-refractivity contribution in [3.8, 4) is 5.75 Å². The van der Waals surface area contributed by atoms with E-state index in [4.69, 9.17) is 15.0 Å². The number of nitrogens with one attached hydrogen (secondary N) is 1. The van der Waals surface area contributed by atoms with Gasteiger partial charge in [0.2, 0.25) is 0 Å². The van der Waals surface area contributed by atoms with E-state index in [1.807, 2.05) is 6.92 Å². The van der Waals surface area contributed by atoms with Crippen LogP contribution in [0.4, 0.5) is 5.69 Å². The second-order valence-corrected chi connectivity index (χ2v) is 4.11. The molecule has 100 valence electrons. The minimum Gasteiger partial charge on any atom is -0.497 e. The van der Waals surface area contributed by atoms with Gasteiger partial charge in [-0.3, -0.25) is 4.79 Å². The Morgan fingerprint density at radius 3 is 2.84 bits per heavy atom. The largest absolute Gasteiger partial charge is 0.497 e. The highest BCUT2D eigenvalue weighted by atomic mass is 16.5. The fourth-order valence-corrected chi connectivity index (χ4v) is 1.64. The first-order chi connectivity index (χ1) is 9.08. The third kappa shape index (κ3) is 3.25. The predicted octanol–water partition coefficient (Wildman–Crippen LogP) is 1.50. The Balaban J connectivity index is 2.05. The Labute approximate surface area is 110 Å². The average Bonchev–Trinajstić information content (AvgIpc) is 2.81. The van der Waals surface area contributed by atoms with Crippen LogP contribution in [-0.4, -0.2) is 18.2 Å². The molecule has 1 aromatic heterocycles. The molecule has 0 bridgehead atoms. The van der Waals surface area contributed by atoms with Crippen molar-refractivity contribution >= 4 is 11.6 Å². The number of nitrogens with zero attached hydrogens (tertiary/aromatic N) is 1. The highest BCUT2D eigenvalue weighted by molar-refractivity contribution is 5.95. The lowest BCUT2D eigenvalue weighted by Crippen LogP contribution is -2.22. The van der Waals surface area contributed by atoms with Crippen LogP contribution in [0.25, 0.3) is 0 Å². The molecule has 0 aliphatic carbocycles. The SMILES string of the molecule is COc1cc(N)cc(C(=O)NCc2cc(C)no2)c1. The van der Waals surface area contributed by atoms with Crippen molar-refractivity contribution in [3.05, 3.63) is 41.3 Å². The molecule has 0 aliphatic heterocycles. The summed E-state index contributed by atoms with van der Waals surface area (Å²) in [4.78, 5) is 12.0. The summed E-state index contributed by atoms with van der Waals surface area (Å²) in [6, 6.07) is 6.62. The molecule has 0 radical (unpaired) electrons. The van der Waals surface area contributed by atoms with Gasteiger partial charge in [0.1, 0.15) is 5.75 Å². The van der Waals surface area contributed by atoms with E-state index in [0.29, 0.717) is 22.8 Å². The van der Waals surface area contributed by atoms with Crippen LogP contribution in [0, 0.1) is 6.92 Å². The van der Waals surface area contributed by atoms with Crippen molar-refractivity contribution in [2.75, 3.05) is 12.8 Å². The highest BCUT2D eigenvalue weighted by Crippen LogP contribution is 2.18. The summed E-state index contributed by atoms with van der Waals surface area (Å²) in [5.41, 5.74) is 7.38. The van der Waals surface area contributed by atoms with E-state index < -0.39 is 0 Å². The van der Waals surface area contributed by atoms with Crippen molar-refractivity contribution in [2.24, 2.45) is 0 Å². The van der Waals surface area contributed by atoms with Gasteiger partial charge < -0.3 is 20.3 Å². The molecule has 0 atom stereocenters. The van der Waals surface area contributed by atoms with Crippen molar-refractivity contribution in [1.29, 1.82) is 0 Å². The van der Waals surface area contributed by atoms with Gasteiger partial charge in [-0.15, -0.1) is 0 Å². The van der Waals surface area contributed by atoms with Crippen molar-refractivity contribution in [3.63, 3.8) is 0 Å². The topological polar surface area (TPSA) is 90.4 Å². The quantitative estimate of drug-likeness (QED) is 0.814. The van der Waals surface area contributed by atoms with Gasteiger partial charge >= 0.3 is 0 Å². The van der Waals surface area contributed by atoms with Crippen LogP contribution in [0.15, 0.2) is 28.8 Å². The third-order valence-corrected chi connectivity index (χ3v) is 2.53.